The van der Waals surface area contributed by atoms with Crippen LogP contribution in [0.5, 0.6) is 0 Å². The van der Waals surface area contributed by atoms with E-state index in [4.69, 9.17) is 0 Å². The minimum atomic E-state index is 0. The van der Waals surface area contributed by atoms with Crippen molar-refractivity contribution in [3.05, 3.63) is 0 Å². The Morgan fingerprint density at radius 1 is 1.33 bits per heavy atom. The Hall–Kier alpha value is -0.320. The lowest BCUT2D eigenvalue weighted by Gasteiger charge is -2.31. The molecular formula is C13H28ClN3O. The average molecular weight is 278 g/mol. The monoisotopic (exact) mass is 277 g/mol. The Balaban J connectivity index is 0.00000289. The number of halogens is 1. The van der Waals surface area contributed by atoms with E-state index in [9.17, 15) is 4.79 Å². The summed E-state index contributed by atoms with van der Waals surface area (Å²) in [6.45, 7) is 11.0. The van der Waals surface area contributed by atoms with E-state index in [1.807, 2.05) is 13.8 Å². The summed E-state index contributed by atoms with van der Waals surface area (Å²) in [7, 11) is 0. The molecule has 0 radical (unpaired) electrons. The van der Waals surface area contributed by atoms with E-state index >= 15 is 0 Å². The summed E-state index contributed by atoms with van der Waals surface area (Å²) < 4.78 is 0. The third kappa shape index (κ3) is 7.19. The molecule has 108 valence electrons. The summed E-state index contributed by atoms with van der Waals surface area (Å²) in [5.74, 6) is 0.949. The van der Waals surface area contributed by atoms with Gasteiger partial charge in [0.05, 0.1) is 6.54 Å². The molecule has 1 aliphatic rings. The van der Waals surface area contributed by atoms with Crippen LogP contribution < -0.4 is 10.6 Å². The molecule has 0 aromatic carbocycles. The first-order chi connectivity index (χ1) is 8.11. The zero-order chi connectivity index (χ0) is 12.7. The second-order valence-electron chi connectivity index (χ2n) is 5.25. The standard InChI is InChI=1S/C13H27N3O.ClH/c1-4-14-9-12-5-7-16(8-6-12)10-13(17)15-11(2)3;/h11-12,14H,4-10H2,1-3H3,(H,15,17);1H. The minimum Gasteiger partial charge on any atom is -0.353 e. The molecule has 0 aliphatic carbocycles. The first kappa shape index (κ1) is 17.7. The highest BCUT2D eigenvalue weighted by atomic mass is 35.5. The summed E-state index contributed by atoms with van der Waals surface area (Å²) >= 11 is 0. The Bertz CT molecular complexity index is 228. The maximum absolute atomic E-state index is 11.6. The highest BCUT2D eigenvalue weighted by Crippen LogP contribution is 2.15. The largest absolute Gasteiger partial charge is 0.353 e. The molecule has 0 aromatic heterocycles. The molecule has 1 heterocycles. The Labute approximate surface area is 117 Å². The van der Waals surface area contributed by atoms with Crippen LogP contribution in [0.1, 0.15) is 33.6 Å². The number of carbonyl (C=O) groups excluding carboxylic acids is 1. The number of amides is 1. The number of nitrogens with one attached hydrogen (secondary N) is 2. The zero-order valence-electron chi connectivity index (χ0n) is 11.9. The van der Waals surface area contributed by atoms with E-state index in [1.54, 1.807) is 0 Å². The lowest BCUT2D eigenvalue weighted by atomic mass is 9.97. The van der Waals surface area contributed by atoms with Crippen LogP contribution in [0.3, 0.4) is 0 Å². The van der Waals surface area contributed by atoms with Gasteiger partial charge >= 0.3 is 0 Å². The molecule has 2 N–H and O–H groups in total. The quantitative estimate of drug-likeness (QED) is 0.768. The molecule has 4 nitrogen and oxygen atoms in total. The van der Waals surface area contributed by atoms with Gasteiger partial charge in [-0.25, -0.2) is 0 Å². The topological polar surface area (TPSA) is 44.4 Å². The van der Waals surface area contributed by atoms with Crippen LogP contribution in [0.4, 0.5) is 0 Å². The molecule has 1 fully saturated rings. The number of carbonyl (C=O) groups is 1. The molecule has 18 heavy (non-hydrogen) atoms. The van der Waals surface area contributed by atoms with E-state index in [1.165, 1.54) is 12.8 Å². The number of hydrogen-bond donors (Lipinski definition) is 2. The second-order valence-corrected chi connectivity index (χ2v) is 5.25. The van der Waals surface area contributed by atoms with E-state index in [-0.39, 0.29) is 24.4 Å². The molecule has 0 unspecified atom stereocenters. The molecule has 0 aromatic rings. The van der Waals surface area contributed by atoms with Crippen molar-refractivity contribution in [1.82, 2.24) is 15.5 Å². The molecule has 1 rings (SSSR count). The maximum Gasteiger partial charge on any atom is 0.234 e. The molecule has 0 atom stereocenters. The van der Waals surface area contributed by atoms with E-state index in [2.05, 4.69) is 22.5 Å². The van der Waals surface area contributed by atoms with Crippen molar-refractivity contribution >= 4 is 18.3 Å². The van der Waals surface area contributed by atoms with Gasteiger partial charge in [-0.3, -0.25) is 9.69 Å². The number of nitrogens with zero attached hydrogens (tertiary/aromatic N) is 1. The molecule has 1 aliphatic heterocycles. The van der Waals surface area contributed by atoms with E-state index in [0.717, 1.165) is 32.1 Å². The van der Waals surface area contributed by atoms with Gasteiger partial charge < -0.3 is 10.6 Å². The third-order valence-electron chi connectivity index (χ3n) is 3.21. The summed E-state index contributed by atoms with van der Waals surface area (Å²) in [5, 5.41) is 6.34. The van der Waals surface area contributed by atoms with Crippen LogP contribution >= 0.6 is 12.4 Å². The lowest BCUT2D eigenvalue weighted by molar-refractivity contribution is -0.123. The average Bonchev–Trinajstić information content (AvgIpc) is 2.27. The van der Waals surface area contributed by atoms with Crippen molar-refractivity contribution in [3.8, 4) is 0 Å². The van der Waals surface area contributed by atoms with Gasteiger partial charge in [0, 0.05) is 6.04 Å². The fourth-order valence-corrected chi connectivity index (χ4v) is 2.27. The number of likely N-dealkylation sites (tertiary alicyclic amines) is 1. The normalized spacial score (nSPS) is 17.6. The van der Waals surface area contributed by atoms with Crippen molar-refractivity contribution in [2.24, 2.45) is 5.92 Å². The second kappa shape index (κ2) is 9.59. The Morgan fingerprint density at radius 3 is 2.44 bits per heavy atom. The first-order valence-electron chi connectivity index (χ1n) is 6.84. The van der Waals surface area contributed by atoms with Crippen LogP contribution in [0.15, 0.2) is 0 Å². The third-order valence-corrected chi connectivity index (χ3v) is 3.21. The van der Waals surface area contributed by atoms with Crippen LogP contribution in [0, 0.1) is 5.92 Å². The van der Waals surface area contributed by atoms with Gasteiger partial charge in [-0.2, -0.15) is 0 Å². The SMILES string of the molecule is CCNCC1CCN(CC(=O)NC(C)C)CC1.Cl. The number of hydrogen-bond acceptors (Lipinski definition) is 3. The molecule has 1 saturated heterocycles. The van der Waals surface area contributed by atoms with E-state index < -0.39 is 0 Å². The zero-order valence-corrected chi connectivity index (χ0v) is 12.7. The maximum atomic E-state index is 11.6. The van der Waals surface area contributed by atoms with Gasteiger partial charge in [0.2, 0.25) is 5.91 Å². The first-order valence-corrected chi connectivity index (χ1v) is 6.84. The predicted molar refractivity (Wildman–Crippen MR) is 78.2 cm³/mol. The Kier molecular flexibility index (Phi) is 9.42. The molecule has 5 heteroatoms. The molecule has 0 spiro atoms. The summed E-state index contributed by atoms with van der Waals surface area (Å²) in [4.78, 5) is 13.9. The molecule has 0 saturated carbocycles. The van der Waals surface area contributed by atoms with Gasteiger partial charge in [0.1, 0.15) is 0 Å². The van der Waals surface area contributed by atoms with Crippen molar-refractivity contribution in [1.29, 1.82) is 0 Å². The minimum absolute atomic E-state index is 0. The van der Waals surface area contributed by atoms with Crippen molar-refractivity contribution in [3.63, 3.8) is 0 Å². The molecule has 1 amide bonds. The molecule has 0 bridgehead atoms. The van der Waals surface area contributed by atoms with Crippen molar-refractivity contribution < 1.29 is 4.79 Å². The Morgan fingerprint density at radius 2 is 1.94 bits per heavy atom. The van der Waals surface area contributed by atoms with E-state index in [0.29, 0.717) is 6.54 Å². The van der Waals surface area contributed by atoms with Crippen LogP contribution in [0.2, 0.25) is 0 Å². The fraction of sp³-hybridized carbons (Fsp3) is 0.923. The van der Waals surface area contributed by atoms with Gasteiger partial charge in [-0.1, -0.05) is 6.92 Å². The van der Waals surface area contributed by atoms with Crippen molar-refractivity contribution in [2.75, 3.05) is 32.7 Å². The van der Waals surface area contributed by atoms with Crippen molar-refractivity contribution in [2.45, 2.75) is 39.7 Å². The van der Waals surface area contributed by atoms with Crippen LogP contribution in [0.25, 0.3) is 0 Å². The number of rotatable bonds is 6. The van der Waals surface area contributed by atoms with Crippen LogP contribution in [-0.2, 0) is 4.79 Å². The summed E-state index contributed by atoms with van der Waals surface area (Å²) in [6, 6.07) is 0.244. The highest BCUT2D eigenvalue weighted by Gasteiger charge is 2.20. The number of piperidine rings is 1. The van der Waals surface area contributed by atoms with Gasteiger partial charge in [0.25, 0.3) is 0 Å². The van der Waals surface area contributed by atoms with Gasteiger partial charge in [-0.15, -0.1) is 12.4 Å². The highest BCUT2D eigenvalue weighted by molar-refractivity contribution is 5.85. The predicted octanol–water partition coefficient (Wildman–Crippen LogP) is 1.25. The van der Waals surface area contributed by atoms with Gasteiger partial charge in [-0.05, 0) is 58.8 Å². The van der Waals surface area contributed by atoms with Crippen LogP contribution in [-0.4, -0.2) is 49.6 Å². The molecular weight excluding hydrogens is 250 g/mol. The van der Waals surface area contributed by atoms with Gasteiger partial charge in [0.15, 0.2) is 0 Å². The lowest BCUT2D eigenvalue weighted by Crippen LogP contribution is -2.44. The fourth-order valence-electron chi connectivity index (χ4n) is 2.27. The summed E-state index contributed by atoms with van der Waals surface area (Å²) in [5.41, 5.74) is 0. The smallest absolute Gasteiger partial charge is 0.234 e. The summed E-state index contributed by atoms with van der Waals surface area (Å²) in [6.07, 6.45) is 2.42.